The Kier molecular flexibility index (Phi) is 14.5. The molecule has 0 bridgehead atoms. The van der Waals surface area contributed by atoms with Gasteiger partial charge >= 0.3 is 5.97 Å². The summed E-state index contributed by atoms with van der Waals surface area (Å²) in [5, 5.41) is 14.0. The lowest BCUT2D eigenvalue weighted by Crippen LogP contribution is -2.25. The molecule has 6 N–H and O–H groups in total. The fourth-order valence-corrected chi connectivity index (χ4v) is 9.59. The maximum atomic E-state index is 13.3. The lowest BCUT2D eigenvalue weighted by molar-refractivity contribution is 0.0697. The van der Waals surface area contributed by atoms with Gasteiger partial charge in [0.25, 0.3) is 5.91 Å². The fraction of sp³-hybridized carbons (Fsp3) is 0.304. The maximum absolute atomic E-state index is 13.3. The van der Waals surface area contributed by atoms with Crippen molar-refractivity contribution in [1.29, 1.82) is 0 Å². The molecule has 2 aliphatic rings. The molecule has 0 radical (unpaired) electrons. The molecule has 1 amide bonds. The van der Waals surface area contributed by atoms with Crippen molar-refractivity contribution in [2.45, 2.75) is 49.3 Å². The molecule has 2 saturated heterocycles. The van der Waals surface area contributed by atoms with Crippen molar-refractivity contribution in [3.8, 4) is 0 Å². The summed E-state index contributed by atoms with van der Waals surface area (Å²) in [4.78, 5) is 57.2. The number of benzene rings is 4. The van der Waals surface area contributed by atoms with Crippen LogP contribution < -0.4 is 32.0 Å². The number of amides is 1. The van der Waals surface area contributed by atoms with E-state index in [0.717, 1.165) is 93.6 Å². The number of aromatic nitrogens is 2. The van der Waals surface area contributed by atoms with Crippen molar-refractivity contribution in [3.63, 3.8) is 0 Å². The standard InChI is InChI=1S/C23H26N4O4S.C13H18N2O4S.C10H10N2O/c1-15-12-22(28)25-20-8-6-16(13-18(15)20)24-23(29)19-14-17(32(30,31)26(2)3)7-9-21(19)27-10-4-5-11-27;1-14(2)20(18,19)10-5-6-12(11(9-10)13(16)17)15-7-3-4-8-15;1-6-4-10(13)12-9-3-2-7(11)5-8(6)9/h6-9,12-14H,4-5,10-11H2,1-3H3,(H,24,29)(H,25,28);5-6,9H,3-4,7-8H2,1-2H3,(H,16,17);2-5H,11H2,1H3,(H,12,13). The third kappa shape index (κ3) is 10.9. The van der Waals surface area contributed by atoms with Gasteiger partial charge in [-0.2, -0.15) is 0 Å². The molecule has 0 aliphatic carbocycles. The summed E-state index contributed by atoms with van der Waals surface area (Å²) < 4.78 is 51.6. The van der Waals surface area contributed by atoms with Crippen LogP contribution in [0.5, 0.6) is 0 Å². The monoisotopic (exact) mass is 926 g/mol. The van der Waals surface area contributed by atoms with Crippen molar-refractivity contribution in [2.75, 3.05) is 75.2 Å². The van der Waals surface area contributed by atoms with Gasteiger partial charge in [0.15, 0.2) is 0 Å². The predicted octanol–water partition coefficient (Wildman–Crippen LogP) is 5.59. The van der Waals surface area contributed by atoms with Gasteiger partial charge in [0.2, 0.25) is 31.2 Å². The molecule has 8 rings (SSSR count). The minimum atomic E-state index is -3.68. The molecular weight excluding hydrogens is 873 g/mol. The van der Waals surface area contributed by atoms with Crippen LogP contribution >= 0.6 is 0 Å². The Hall–Kier alpha value is -6.54. The highest BCUT2D eigenvalue weighted by Crippen LogP contribution is 2.31. The molecule has 65 heavy (non-hydrogen) atoms. The van der Waals surface area contributed by atoms with Crippen LogP contribution in [0.1, 0.15) is 57.5 Å². The lowest BCUT2D eigenvalue weighted by atomic mass is 10.1. The zero-order valence-corrected chi connectivity index (χ0v) is 38.8. The van der Waals surface area contributed by atoms with Crippen molar-refractivity contribution in [3.05, 3.63) is 128 Å². The van der Waals surface area contributed by atoms with Crippen LogP contribution in [0.3, 0.4) is 0 Å². The van der Waals surface area contributed by atoms with Gasteiger partial charge in [-0.05, 0) is 123 Å². The van der Waals surface area contributed by atoms with E-state index >= 15 is 0 Å². The number of nitrogen functional groups attached to an aromatic ring is 1. The number of aromatic amines is 2. The van der Waals surface area contributed by atoms with E-state index < -0.39 is 26.0 Å². The molecule has 2 aliphatic heterocycles. The molecule has 2 aromatic heterocycles. The van der Waals surface area contributed by atoms with E-state index in [1.807, 2.05) is 30.9 Å². The zero-order chi connectivity index (χ0) is 47.4. The van der Waals surface area contributed by atoms with Crippen LogP contribution in [-0.4, -0.2) is 107 Å². The summed E-state index contributed by atoms with van der Waals surface area (Å²) in [6.45, 7) is 6.99. The highest BCUT2D eigenvalue weighted by Gasteiger charge is 2.26. The Bertz CT molecular complexity index is 3120. The van der Waals surface area contributed by atoms with E-state index in [9.17, 15) is 41.1 Å². The third-order valence-electron chi connectivity index (χ3n) is 11.2. The normalized spacial score (nSPS) is 14.0. The number of nitrogens with one attached hydrogen (secondary N) is 3. The van der Waals surface area contributed by atoms with Gasteiger partial charge in [-0.1, -0.05) is 0 Å². The Morgan fingerprint density at radius 3 is 1.51 bits per heavy atom. The van der Waals surface area contributed by atoms with Crippen LogP contribution in [0.4, 0.5) is 22.7 Å². The number of nitrogens with zero attached hydrogens (tertiary/aromatic N) is 4. The lowest BCUT2D eigenvalue weighted by Gasteiger charge is -2.22. The summed E-state index contributed by atoms with van der Waals surface area (Å²) in [6.07, 6.45) is 4.11. The van der Waals surface area contributed by atoms with Gasteiger partial charge in [-0.25, -0.2) is 30.2 Å². The highest BCUT2D eigenvalue weighted by atomic mass is 32.2. The number of carbonyl (C=O) groups is 2. The SMILES string of the molecule is CN(C)S(=O)(=O)c1ccc(N2CCCC2)c(C(=O)O)c1.Cc1cc(=O)[nH]c2ccc(N)cc12.Cc1cc(=O)[nH]c2ccc(NC(=O)c3cc(S(=O)(=O)N(C)C)ccc3N3CCCC3)cc12. The molecule has 6 aromatic rings. The number of anilines is 4. The Labute approximate surface area is 377 Å². The number of hydrogen-bond acceptors (Lipinski definition) is 11. The number of hydrogen-bond donors (Lipinski definition) is 5. The average Bonchev–Trinajstić information content (AvgIpc) is 4.00. The first kappa shape index (κ1) is 47.9. The number of aryl methyl sites for hydroxylation is 2. The molecule has 0 spiro atoms. The molecule has 19 heteroatoms. The minimum absolute atomic E-state index is 0.00264. The van der Waals surface area contributed by atoms with Crippen LogP contribution in [-0.2, 0) is 20.0 Å². The minimum Gasteiger partial charge on any atom is -0.478 e. The number of pyridine rings is 2. The van der Waals surface area contributed by atoms with E-state index in [1.165, 1.54) is 52.5 Å². The fourth-order valence-electron chi connectivity index (χ4n) is 7.73. The quantitative estimate of drug-likeness (QED) is 0.112. The van der Waals surface area contributed by atoms with Crippen LogP contribution in [0.25, 0.3) is 21.8 Å². The van der Waals surface area contributed by atoms with E-state index in [-0.39, 0.29) is 32.4 Å². The van der Waals surface area contributed by atoms with Crippen molar-refractivity contribution < 1.29 is 31.5 Å². The Morgan fingerprint density at radius 2 is 1.05 bits per heavy atom. The van der Waals surface area contributed by atoms with Gasteiger partial charge in [0.05, 0.1) is 26.6 Å². The zero-order valence-electron chi connectivity index (χ0n) is 37.1. The molecule has 0 saturated carbocycles. The van der Waals surface area contributed by atoms with Gasteiger partial charge in [0, 0.05) is 105 Å². The van der Waals surface area contributed by atoms with Gasteiger partial charge in [-0.3, -0.25) is 14.4 Å². The van der Waals surface area contributed by atoms with Crippen molar-refractivity contribution >= 4 is 76.5 Å². The van der Waals surface area contributed by atoms with Gasteiger partial charge < -0.3 is 35.9 Å². The Morgan fingerprint density at radius 1 is 0.615 bits per heavy atom. The number of nitrogens with two attached hydrogens (primary N) is 1. The molecule has 4 aromatic carbocycles. The van der Waals surface area contributed by atoms with Crippen LogP contribution in [0, 0.1) is 13.8 Å². The molecule has 2 fully saturated rings. The smallest absolute Gasteiger partial charge is 0.337 e. The number of fused-ring (bicyclic) bond motifs is 2. The number of aromatic carboxylic acids is 1. The van der Waals surface area contributed by atoms with Crippen LogP contribution in [0.2, 0.25) is 0 Å². The van der Waals surface area contributed by atoms with E-state index in [2.05, 4.69) is 20.2 Å². The number of carbonyl (C=O) groups excluding carboxylic acids is 1. The highest BCUT2D eigenvalue weighted by molar-refractivity contribution is 7.89. The number of sulfonamides is 2. The second kappa shape index (κ2) is 19.7. The molecular formula is C46H54N8O9S2. The van der Waals surface area contributed by atoms with E-state index in [1.54, 1.807) is 48.5 Å². The summed E-state index contributed by atoms with van der Waals surface area (Å²) in [5.41, 5.74) is 11.6. The molecule has 17 nitrogen and oxygen atoms in total. The first-order valence-electron chi connectivity index (χ1n) is 20.9. The Balaban J connectivity index is 0.000000180. The molecule has 344 valence electrons. The summed E-state index contributed by atoms with van der Waals surface area (Å²) >= 11 is 0. The van der Waals surface area contributed by atoms with E-state index in [4.69, 9.17) is 5.73 Å². The van der Waals surface area contributed by atoms with Crippen LogP contribution in [0.15, 0.2) is 104 Å². The molecule has 0 atom stereocenters. The second-order valence-corrected chi connectivity index (χ2v) is 20.6. The predicted molar refractivity (Wildman–Crippen MR) is 255 cm³/mol. The first-order valence-corrected chi connectivity index (χ1v) is 23.8. The van der Waals surface area contributed by atoms with Crippen molar-refractivity contribution in [2.24, 2.45) is 0 Å². The molecule has 4 heterocycles. The number of carboxylic acid groups (broad SMARTS) is 1. The number of rotatable bonds is 9. The van der Waals surface area contributed by atoms with E-state index in [0.29, 0.717) is 28.1 Å². The topological polar surface area (TPSA) is 239 Å². The largest absolute Gasteiger partial charge is 0.478 e. The average molecular weight is 927 g/mol. The third-order valence-corrected chi connectivity index (χ3v) is 14.9. The van der Waals surface area contributed by atoms with Crippen molar-refractivity contribution in [1.82, 2.24) is 18.6 Å². The van der Waals surface area contributed by atoms with Gasteiger partial charge in [-0.15, -0.1) is 0 Å². The summed E-state index contributed by atoms with van der Waals surface area (Å²) in [6, 6.07) is 22.8. The molecule has 0 unspecified atom stereocenters. The number of H-pyrrole nitrogens is 2. The maximum Gasteiger partial charge on any atom is 0.337 e. The van der Waals surface area contributed by atoms with Gasteiger partial charge in [0.1, 0.15) is 0 Å². The first-order chi connectivity index (χ1) is 30.7. The summed E-state index contributed by atoms with van der Waals surface area (Å²) in [7, 11) is -1.54. The second-order valence-electron chi connectivity index (χ2n) is 16.3. The number of carboxylic acids is 1. The summed E-state index contributed by atoms with van der Waals surface area (Å²) in [5.74, 6) is -1.49.